The Morgan fingerprint density at radius 2 is 2.20 bits per heavy atom. The zero-order valence-corrected chi connectivity index (χ0v) is 11.6. The monoisotopic (exact) mass is 274 g/mol. The van der Waals surface area contributed by atoms with E-state index in [1.54, 1.807) is 22.9 Å². The SMILES string of the molecule is CC(C)CCn1nnc(C(=O)O)c1-c1cccc(N)c1. The lowest BCUT2D eigenvalue weighted by Gasteiger charge is -2.09. The van der Waals surface area contributed by atoms with Gasteiger partial charge in [0.25, 0.3) is 0 Å². The lowest BCUT2D eigenvalue weighted by Crippen LogP contribution is -2.07. The molecule has 0 saturated carbocycles. The van der Waals surface area contributed by atoms with Gasteiger partial charge in [0.15, 0.2) is 5.69 Å². The molecular formula is C14H18N4O2. The van der Waals surface area contributed by atoms with Crippen LogP contribution in [0.1, 0.15) is 30.8 Å². The number of carboxylic acids is 1. The first-order valence-electron chi connectivity index (χ1n) is 6.51. The first-order chi connectivity index (χ1) is 9.49. The molecule has 1 heterocycles. The lowest BCUT2D eigenvalue weighted by atomic mass is 10.1. The van der Waals surface area contributed by atoms with Crippen molar-refractivity contribution in [1.82, 2.24) is 15.0 Å². The zero-order chi connectivity index (χ0) is 14.7. The third-order valence-corrected chi connectivity index (χ3v) is 3.02. The van der Waals surface area contributed by atoms with Gasteiger partial charge < -0.3 is 10.8 Å². The number of nitrogens with zero attached hydrogens (tertiary/aromatic N) is 3. The van der Waals surface area contributed by atoms with Crippen molar-refractivity contribution in [2.75, 3.05) is 5.73 Å². The molecule has 0 amide bonds. The lowest BCUT2D eigenvalue weighted by molar-refractivity contribution is 0.0691. The Hall–Kier alpha value is -2.37. The van der Waals surface area contributed by atoms with Crippen LogP contribution in [0.3, 0.4) is 0 Å². The molecule has 0 radical (unpaired) electrons. The molecule has 0 aliphatic carbocycles. The van der Waals surface area contributed by atoms with Gasteiger partial charge in [-0.3, -0.25) is 0 Å². The molecule has 2 rings (SSSR count). The zero-order valence-electron chi connectivity index (χ0n) is 11.6. The minimum absolute atomic E-state index is 0.0423. The quantitative estimate of drug-likeness (QED) is 0.816. The van der Waals surface area contributed by atoms with Crippen molar-refractivity contribution in [3.8, 4) is 11.3 Å². The van der Waals surface area contributed by atoms with Gasteiger partial charge in [0.05, 0.1) is 0 Å². The van der Waals surface area contributed by atoms with Crippen LogP contribution < -0.4 is 5.73 Å². The number of benzene rings is 1. The van der Waals surface area contributed by atoms with E-state index in [1.165, 1.54) is 0 Å². The Kier molecular flexibility index (Phi) is 4.02. The van der Waals surface area contributed by atoms with Crippen LogP contribution in [-0.2, 0) is 6.54 Å². The van der Waals surface area contributed by atoms with E-state index in [4.69, 9.17) is 5.73 Å². The summed E-state index contributed by atoms with van der Waals surface area (Å²) in [5.41, 5.74) is 7.53. The fourth-order valence-electron chi connectivity index (χ4n) is 1.97. The van der Waals surface area contributed by atoms with E-state index in [9.17, 15) is 9.90 Å². The van der Waals surface area contributed by atoms with E-state index in [2.05, 4.69) is 24.2 Å². The van der Waals surface area contributed by atoms with Crippen LogP contribution in [0.5, 0.6) is 0 Å². The number of carbonyl (C=O) groups is 1. The van der Waals surface area contributed by atoms with E-state index in [1.807, 2.05) is 6.07 Å². The third-order valence-electron chi connectivity index (χ3n) is 3.02. The van der Waals surface area contributed by atoms with Crippen LogP contribution in [0.15, 0.2) is 24.3 Å². The highest BCUT2D eigenvalue weighted by Gasteiger charge is 2.20. The van der Waals surface area contributed by atoms with Gasteiger partial charge in [0.2, 0.25) is 0 Å². The van der Waals surface area contributed by atoms with E-state index >= 15 is 0 Å². The smallest absolute Gasteiger partial charge is 0.358 e. The molecule has 0 fully saturated rings. The van der Waals surface area contributed by atoms with Gasteiger partial charge in [-0.2, -0.15) is 0 Å². The predicted octanol–water partition coefficient (Wildman–Crippen LogP) is 2.27. The summed E-state index contributed by atoms with van der Waals surface area (Å²) in [6, 6.07) is 7.09. The molecule has 20 heavy (non-hydrogen) atoms. The van der Waals surface area contributed by atoms with Gasteiger partial charge in [-0.05, 0) is 24.5 Å². The Morgan fingerprint density at radius 1 is 1.45 bits per heavy atom. The third kappa shape index (κ3) is 2.96. The highest BCUT2D eigenvalue weighted by atomic mass is 16.4. The summed E-state index contributed by atoms with van der Waals surface area (Å²) in [6.45, 7) is 4.84. The number of aryl methyl sites for hydroxylation is 1. The molecule has 3 N–H and O–H groups in total. The summed E-state index contributed by atoms with van der Waals surface area (Å²) >= 11 is 0. The fourth-order valence-corrected chi connectivity index (χ4v) is 1.97. The van der Waals surface area contributed by atoms with Crippen molar-refractivity contribution in [2.45, 2.75) is 26.8 Å². The van der Waals surface area contributed by atoms with Crippen LogP contribution in [0.4, 0.5) is 5.69 Å². The second kappa shape index (κ2) is 5.73. The molecule has 0 aliphatic rings. The highest BCUT2D eigenvalue weighted by Crippen LogP contribution is 2.24. The van der Waals surface area contributed by atoms with Gasteiger partial charge in [-0.25, -0.2) is 9.48 Å². The van der Waals surface area contributed by atoms with Gasteiger partial charge in [-0.1, -0.05) is 31.2 Å². The van der Waals surface area contributed by atoms with Crippen LogP contribution in [-0.4, -0.2) is 26.1 Å². The molecule has 0 aliphatic heterocycles. The maximum atomic E-state index is 11.3. The van der Waals surface area contributed by atoms with Crippen molar-refractivity contribution >= 4 is 11.7 Å². The first kappa shape index (κ1) is 14.0. The number of carboxylic acid groups (broad SMARTS) is 1. The number of hydrogen-bond donors (Lipinski definition) is 2. The average molecular weight is 274 g/mol. The van der Waals surface area contributed by atoms with Crippen molar-refractivity contribution in [2.24, 2.45) is 5.92 Å². The van der Waals surface area contributed by atoms with Crippen LogP contribution in [0.25, 0.3) is 11.3 Å². The Labute approximate surface area is 117 Å². The van der Waals surface area contributed by atoms with Crippen molar-refractivity contribution in [3.63, 3.8) is 0 Å². The molecule has 0 unspecified atom stereocenters. The number of aromatic carboxylic acids is 1. The number of rotatable bonds is 5. The normalized spacial score (nSPS) is 10.9. The molecular weight excluding hydrogens is 256 g/mol. The van der Waals surface area contributed by atoms with E-state index in [0.29, 0.717) is 23.8 Å². The number of aromatic nitrogens is 3. The van der Waals surface area contributed by atoms with Crippen molar-refractivity contribution < 1.29 is 9.90 Å². The second-order valence-electron chi connectivity index (χ2n) is 5.12. The molecule has 1 aromatic heterocycles. The van der Waals surface area contributed by atoms with Gasteiger partial charge >= 0.3 is 5.97 Å². The average Bonchev–Trinajstić information content (AvgIpc) is 2.80. The second-order valence-corrected chi connectivity index (χ2v) is 5.12. The molecule has 6 nitrogen and oxygen atoms in total. The Morgan fingerprint density at radius 3 is 2.80 bits per heavy atom. The minimum atomic E-state index is -1.08. The predicted molar refractivity (Wildman–Crippen MR) is 76.3 cm³/mol. The molecule has 106 valence electrons. The van der Waals surface area contributed by atoms with Crippen molar-refractivity contribution in [1.29, 1.82) is 0 Å². The van der Waals surface area contributed by atoms with Crippen LogP contribution in [0.2, 0.25) is 0 Å². The van der Waals surface area contributed by atoms with E-state index < -0.39 is 5.97 Å². The summed E-state index contributed by atoms with van der Waals surface area (Å²) in [6.07, 6.45) is 0.901. The van der Waals surface area contributed by atoms with Gasteiger partial charge in [0.1, 0.15) is 5.69 Å². The molecule has 0 atom stereocenters. The van der Waals surface area contributed by atoms with E-state index in [-0.39, 0.29) is 5.69 Å². The summed E-state index contributed by atoms with van der Waals surface area (Å²) in [5, 5.41) is 17.0. The Balaban J connectivity index is 2.47. The highest BCUT2D eigenvalue weighted by molar-refractivity contribution is 5.92. The summed E-state index contributed by atoms with van der Waals surface area (Å²) < 4.78 is 1.64. The van der Waals surface area contributed by atoms with Gasteiger partial charge in [-0.15, -0.1) is 5.10 Å². The maximum absolute atomic E-state index is 11.3. The standard InChI is InChI=1S/C14H18N4O2/c1-9(2)6-7-18-13(12(14(19)20)16-17-18)10-4-3-5-11(15)8-10/h3-5,8-9H,6-7,15H2,1-2H3,(H,19,20). The first-order valence-corrected chi connectivity index (χ1v) is 6.51. The number of nitrogen functional groups attached to an aromatic ring is 1. The molecule has 0 bridgehead atoms. The summed E-state index contributed by atoms with van der Waals surface area (Å²) in [7, 11) is 0. The molecule has 6 heteroatoms. The fraction of sp³-hybridized carbons (Fsp3) is 0.357. The largest absolute Gasteiger partial charge is 0.476 e. The number of anilines is 1. The maximum Gasteiger partial charge on any atom is 0.358 e. The number of nitrogens with two attached hydrogens (primary N) is 1. The van der Waals surface area contributed by atoms with Crippen LogP contribution >= 0.6 is 0 Å². The topological polar surface area (TPSA) is 94.0 Å². The summed E-state index contributed by atoms with van der Waals surface area (Å²) in [4.78, 5) is 11.3. The molecule has 0 saturated heterocycles. The van der Waals surface area contributed by atoms with Gasteiger partial charge in [0, 0.05) is 17.8 Å². The molecule has 1 aromatic carbocycles. The summed E-state index contributed by atoms with van der Waals surface area (Å²) in [5.74, 6) is -0.584. The molecule has 0 spiro atoms. The van der Waals surface area contributed by atoms with Crippen LogP contribution in [0, 0.1) is 5.92 Å². The van der Waals surface area contributed by atoms with E-state index in [0.717, 1.165) is 12.0 Å². The van der Waals surface area contributed by atoms with Crippen molar-refractivity contribution in [3.05, 3.63) is 30.0 Å². The minimum Gasteiger partial charge on any atom is -0.476 e. The molecule has 2 aromatic rings. The Bertz CT molecular complexity index is 619. The number of hydrogen-bond acceptors (Lipinski definition) is 4.